The second-order valence-electron chi connectivity index (χ2n) is 5.60. The van der Waals surface area contributed by atoms with E-state index in [0.29, 0.717) is 29.0 Å². The molecule has 1 aromatic heterocycles. The Labute approximate surface area is 132 Å². The molecule has 0 aliphatic heterocycles. The fourth-order valence-corrected chi connectivity index (χ4v) is 2.11. The number of rotatable bonds is 9. The molecule has 4 nitrogen and oxygen atoms in total. The number of aromatic nitrogens is 1. The van der Waals surface area contributed by atoms with E-state index in [4.69, 9.17) is 11.6 Å². The molecule has 0 bridgehead atoms. The third-order valence-corrected chi connectivity index (χ3v) is 3.42. The molecule has 1 heterocycles. The minimum atomic E-state index is -0.204. The van der Waals surface area contributed by atoms with Gasteiger partial charge in [0.2, 0.25) is 0 Å². The summed E-state index contributed by atoms with van der Waals surface area (Å²) in [5.41, 5.74) is 0.293. The van der Waals surface area contributed by atoms with Gasteiger partial charge in [0.1, 0.15) is 11.5 Å². The monoisotopic (exact) mass is 311 g/mol. The summed E-state index contributed by atoms with van der Waals surface area (Å²) < 4.78 is 0. The van der Waals surface area contributed by atoms with Crippen LogP contribution in [0.3, 0.4) is 0 Å². The number of hydrogen-bond donors (Lipinski definition) is 2. The van der Waals surface area contributed by atoms with Crippen molar-refractivity contribution in [3.05, 3.63) is 22.8 Å². The molecule has 1 aromatic rings. The second-order valence-corrected chi connectivity index (χ2v) is 6.01. The summed E-state index contributed by atoms with van der Waals surface area (Å²) in [5.74, 6) is 1.19. The molecule has 0 atom stereocenters. The molecule has 0 fully saturated rings. The lowest BCUT2D eigenvalue weighted by molar-refractivity contribution is 0.0948. The molecule has 5 heteroatoms. The van der Waals surface area contributed by atoms with E-state index in [9.17, 15) is 4.79 Å². The zero-order valence-corrected chi connectivity index (χ0v) is 14.0. The van der Waals surface area contributed by atoms with E-state index in [1.165, 1.54) is 6.42 Å². The first-order valence-corrected chi connectivity index (χ1v) is 8.11. The molecular formula is C16H26ClN3O. The maximum Gasteiger partial charge on any atom is 0.271 e. The van der Waals surface area contributed by atoms with E-state index < -0.39 is 0 Å². The highest BCUT2D eigenvalue weighted by Crippen LogP contribution is 2.16. The average Bonchev–Trinajstić information content (AvgIpc) is 2.45. The smallest absolute Gasteiger partial charge is 0.271 e. The number of pyridine rings is 1. The molecule has 0 aliphatic rings. The largest absolute Gasteiger partial charge is 0.370 e. The van der Waals surface area contributed by atoms with Gasteiger partial charge in [0.15, 0.2) is 0 Å². The molecule has 0 radical (unpaired) electrons. The van der Waals surface area contributed by atoms with Crippen molar-refractivity contribution < 1.29 is 4.79 Å². The van der Waals surface area contributed by atoms with Gasteiger partial charge in [-0.3, -0.25) is 4.79 Å². The van der Waals surface area contributed by atoms with Gasteiger partial charge in [0.05, 0.1) is 5.02 Å². The minimum absolute atomic E-state index is 0.204. The number of amides is 1. The van der Waals surface area contributed by atoms with Gasteiger partial charge in [0, 0.05) is 13.1 Å². The van der Waals surface area contributed by atoms with E-state index in [1.807, 2.05) is 0 Å². The van der Waals surface area contributed by atoms with Crippen LogP contribution in [-0.2, 0) is 0 Å². The molecule has 1 amide bonds. The fraction of sp³-hybridized carbons (Fsp3) is 0.625. The van der Waals surface area contributed by atoms with Crippen molar-refractivity contribution in [3.63, 3.8) is 0 Å². The predicted molar refractivity (Wildman–Crippen MR) is 89.0 cm³/mol. The Morgan fingerprint density at radius 1 is 1.29 bits per heavy atom. The Morgan fingerprint density at radius 2 is 2.05 bits per heavy atom. The van der Waals surface area contributed by atoms with Gasteiger partial charge >= 0.3 is 0 Å². The molecule has 21 heavy (non-hydrogen) atoms. The molecule has 0 saturated carbocycles. The predicted octanol–water partition coefficient (Wildman–Crippen LogP) is 4.11. The van der Waals surface area contributed by atoms with Crippen LogP contribution in [0.1, 0.15) is 56.9 Å². The molecular weight excluding hydrogens is 286 g/mol. The van der Waals surface area contributed by atoms with Gasteiger partial charge in [-0.05, 0) is 30.9 Å². The van der Waals surface area contributed by atoms with E-state index in [-0.39, 0.29) is 5.91 Å². The Balaban J connectivity index is 2.48. The van der Waals surface area contributed by atoms with Crippen LogP contribution in [0, 0.1) is 5.92 Å². The zero-order valence-electron chi connectivity index (χ0n) is 13.2. The van der Waals surface area contributed by atoms with E-state index >= 15 is 0 Å². The number of carbonyl (C=O) groups excluding carboxylic acids is 1. The van der Waals surface area contributed by atoms with Crippen molar-refractivity contribution in [1.82, 2.24) is 10.3 Å². The molecule has 1 rings (SSSR count). The first-order valence-electron chi connectivity index (χ1n) is 7.73. The Bertz CT molecular complexity index is 449. The van der Waals surface area contributed by atoms with Crippen LogP contribution in [0.2, 0.25) is 5.02 Å². The number of nitrogens with zero attached hydrogens (tertiary/aromatic N) is 1. The second kappa shape index (κ2) is 9.61. The molecule has 0 saturated heterocycles. The van der Waals surface area contributed by atoms with Crippen LogP contribution < -0.4 is 10.6 Å². The van der Waals surface area contributed by atoms with Crippen LogP contribution >= 0.6 is 11.6 Å². The van der Waals surface area contributed by atoms with Crippen molar-refractivity contribution in [3.8, 4) is 0 Å². The summed E-state index contributed by atoms with van der Waals surface area (Å²) in [5, 5.41) is 6.42. The fourth-order valence-electron chi connectivity index (χ4n) is 1.92. The van der Waals surface area contributed by atoms with E-state index in [0.717, 1.165) is 25.8 Å². The maximum absolute atomic E-state index is 12.1. The number of hydrogen-bond acceptors (Lipinski definition) is 3. The van der Waals surface area contributed by atoms with E-state index in [1.54, 1.807) is 12.1 Å². The van der Waals surface area contributed by atoms with Crippen LogP contribution in [0.25, 0.3) is 0 Å². The molecule has 118 valence electrons. The van der Waals surface area contributed by atoms with Crippen molar-refractivity contribution in [1.29, 1.82) is 0 Å². The average molecular weight is 312 g/mol. The summed E-state index contributed by atoms with van der Waals surface area (Å²) in [7, 11) is 0. The third kappa shape index (κ3) is 6.80. The lowest BCUT2D eigenvalue weighted by atomic mass is 10.1. The Hall–Kier alpha value is -1.29. The van der Waals surface area contributed by atoms with Crippen molar-refractivity contribution in [2.45, 2.75) is 46.5 Å². The van der Waals surface area contributed by atoms with Crippen LogP contribution in [0.4, 0.5) is 5.82 Å². The number of anilines is 1. The molecule has 0 spiro atoms. The standard InChI is InChI=1S/C16H26ClN3O/c1-4-10-18-14-9-8-13(17)15(20-14)16(21)19-11-6-5-7-12(2)3/h8-9,12H,4-7,10-11H2,1-3H3,(H,18,20)(H,19,21). The van der Waals surface area contributed by atoms with Crippen LogP contribution in [0.5, 0.6) is 0 Å². The Kier molecular flexibility index (Phi) is 8.13. The Morgan fingerprint density at radius 3 is 2.71 bits per heavy atom. The zero-order chi connectivity index (χ0) is 15.7. The summed E-state index contributed by atoms with van der Waals surface area (Å²) in [6.45, 7) is 7.98. The lowest BCUT2D eigenvalue weighted by Gasteiger charge is -2.09. The van der Waals surface area contributed by atoms with Crippen LogP contribution in [-0.4, -0.2) is 24.0 Å². The lowest BCUT2D eigenvalue weighted by Crippen LogP contribution is -2.26. The molecule has 0 unspecified atom stereocenters. The van der Waals surface area contributed by atoms with Crippen molar-refractivity contribution >= 4 is 23.3 Å². The first kappa shape index (κ1) is 17.8. The normalized spacial score (nSPS) is 10.7. The third-order valence-electron chi connectivity index (χ3n) is 3.11. The van der Waals surface area contributed by atoms with Gasteiger partial charge in [-0.25, -0.2) is 4.98 Å². The number of nitrogens with one attached hydrogen (secondary N) is 2. The highest BCUT2D eigenvalue weighted by atomic mass is 35.5. The van der Waals surface area contributed by atoms with Gasteiger partial charge in [-0.2, -0.15) is 0 Å². The minimum Gasteiger partial charge on any atom is -0.370 e. The number of halogens is 1. The number of carbonyl (C=O) groups is 1. The summed E-state index contributed by atoms with van der Waals surface area (Å²) in [4.78, 5) is 16.4. The van der Waals surface area contributed by atoms with Crippen molar-refractivity contribution in [2.75, 3.05) is 18.4 Å². The van der Waals surface area contributed by atoms with Gasteiger partial charge in [0.25, 0.3) is 5.91 Å². The highest BCUT2D eigenvalue weighted by molar-refractivity contribution is 6.33. The van der Waals surface area contributed by atoms with Gasteiger partial charge in [-0.15, -0.1) is 0 Å². The quantitative estimate of drug-likeness (QED) is 0.675. The number of unbranched alkanes of at least 4 members (excludes halogenated alkanes) is 1. The van der Waals surface area contributed by atoms with Crippen LogP contribution in [0.15, 0.2) is 12.1 Å². The molecule has 2 N–H and O–H groups in total. The first-order chi connectivity index (χ1) is 10.0. The summed E-state index contributed by atoms with van der Waals surface area (Å²) >= 11 is 6.06. The topological polar surface area (TPSA) is 54.0 Å². The molecule has 0 aromatic carbocycles. The van der Waals surface area contributed by atoms with Crippen molar-refractivity contribution in [2.24, 2.45) is 5.92 Å². The van der Waals surface area contributed by atoms with E-state index in [2.05, 4.69) is 36.4 Å². The van der Waals surface area contributed by atoms with Gasteiger partial charge in [-0.1, -0.05) is 45.2 Å². The highest BCUT2D eigenvalue weighted by Gasteiger charge is 2.12. The molecule has 0 aliphatic carbocycles. The SMILES string of the molecule is CCCNc1ccc(Cl)c(C(=O)NCCCCC(C)C)n1. The summed E-state index contributed by atoms with van der Waals surface area (Å²) in [6.07, 6.45) is 4.29. The van der Waals surface area contributed by atoms with Gasteiger partial charge < -0.3 is 10.6 Å². The summed E-state index contributed by atoms with van der Waals surface area (Å²) in [6, 6.07) is 3.50. The maximum atomic E-state index is 12.1.